The molecule has 0 unspecified atom stereocenters. The third-order valence-corrected chi connectivity index (χ3v) is 1.98. The topological polar surface area (TPSA) is 30.2 Å². The van der Waals surface area contributed by atoms with Crippen molar-refractivity contribution < 1.29 is 9.21 Å². The lowest BCUT2D eigenvalue weighted by molar-refractivity contribution is -0.116. The molecule has 0 amide bonds. The van der Waals surface area contributed by atoms with Crippen molar-refractivity contribution in [1.82, 2.24) is 0 Å². The minimum atomic E-state index is 0.161. The third kappa shape index (κ3) is 1.47. The fourth-order valence-electron chi connectivity index (χ4n) is 1.42. The molecule has 0 saturated heterocycles. The summed E-state index contributed by atoms with van der Waals surface area (Å²) in [5, 5.41) is 1.91. The number of Topliss-reactive ketones (excluding diaryl/α,β-unsaturated/α-hetero) is 1. The highest BCUT2D eigenvalue weighted by Crippen LogP contribution is 2.19. The molecule has 0 aliphatic rings. The Labute approximate surface area is 76.2 Å². The standard InChI is InChI=1S/C11H9O2/c1-8(12)5-9-3-2-4-10-6-13-7-11(9)10/h2-4,7H,5H2,1H3. The number of rotatable bonds is 2. The number of hydrogen-bond acceptors (Lipinski definition) is 2. The van der Waals surface area contributed by atoms with Gasteiger partial charge in [0, 0.05) is 17.2 Å². The van der Waals surface area contributed by atoms with Gasteiger partial charge in [-0.05, 0) is 12.5 Å². The van der Waals surface area contributed by atoms with Gasteiger partial charge < -0.3 is 4.42 Å². The lowest BCUT2D eigenvalue weighted by Crippen LogP contribution is -1.95. The molecule has 0 saturated carbocycles. The first-order valence-electron chi connectivity index (χ1n) is 4.13. The molecule has 2 heteroatoms. The van der Waals surface area contributed by atoms with E-state index in [1.165, 1.54) is 0 Å². The van der Waals surface area contributed by atoms with Gasteiger partial charge in [0.15, 0.2) is 6.26 Å². The van der Waals surface area contributed by atoms with Crippen LogP contribution in [0, 0.1) is 6.26 Å². The number of carbonyl (C=O) groups is 1. The SMILES string of the molecule is CC(=O)Cc1cccc2[c]occ12. The fraction of sp³-hybridized carbons (Fsp3) is 0.182. The van der Waals surface area contributed by atoms with Gasteiger partial charge in [0.25, 0.3) is 0 Å². The average Bonchev–Trinajstić information content (AvgIpc) is 2.51. The summed E-state index contributed by atoms with van der Waals surface area (Å²) in [6.45, 7) is 1.59. The molecule has 1 aromatic heterocycles. The molecule has 1 heterocycles. The summed E-state index contributed by atoms with van der Waals surface area (Å²) in [6, 6.07) is 5.77. The molecule has 2 nitrogen and oxygen atoms in total. The lowest BCUT2D eigenvalue weighted by Gasteiger charge is -1.97. The quantitative estimate of drug-likeness (QED) is 0.697. The van der Waals surface area contributed by atoms with Crippen LogP contribution in [0.5, 0.6) is 0 Å². The first-order chi connectivity index (χ1) is 6.27. The second-order valence-corrected chi connectivity index (χ2v) is 3.09. The van der Waals surface area contributed by atoms with E-state index in [2.05, 4.69) is 6.26 Å². The monoisotopic (exact) mass is 173 g/mol. The Bertz CT molecular complexity index is 440. The number of furan rings is 1. The van der Waals surface area contributed by atoms with Crippen molar-refractivity contribution in [3.05, 3.63) is 36.3 Å². The zero-order valence-electron chi connectivity index (χ0n) is 7.33. The summed E-state index contributed by atoms with van der Waals surface area (Å²) in [5.41, 5.74) is 1.01. The normalized spacial score (nSPS) is 10.5. The zero-order chi connectivity index (χ0) is 9.26. The Kier molecular flexibility index (Phi) is 1.89. The highest BCUT2D eigenvalue weighted by atomic mass is 16.3. The molecule has 0 N–H and O–H groups in total. The highest BCUT2D eigenvalue weighted by Gasteiger charge is 2.04. The molecule has 0 atom stereocenters. The molecule has 0 spiro atoms. The van der Waals surface area contributed by atoms with E-state index in [-0.39, 0.29) is 5.78 Å². The summed E-state index contributed by atoms with van der Waals surface area (Å²) < 4.78 is 4.95. The smallest absolute Gasteiger partial charge is 0.177 e. The number of fused-ring (bicyclic) bond motifs is 1. The molecule has 0 bridgehead atoms. The molecule has 1 aromatic carbocycles. The van der Waals surface area contributed by atoms with Gasteiger partial charge in [-0.3, -0.25) is 4.79 Å². The van der Waals surface area contributed by atoms with Crippen LogP contribution in [0.3, 0.4) is 0 Å². The predicted molar refractivity (Wildman–Crippen MR) is 49.4 cm³/mol. The second-order valence-electron chi connectivity index (χ2n) is 3.09. The Morgan fingerprint density at radius 3 is 3.15 bits per heavy atom. The summed E-state index contributed by atoms with van der Waals surface area (Å²) in [6.07, 6.45) is 4.84. The van der Waals surface area contributed by atoms with E-state index in [0.29, 0.717) is 6.42 Å². The molecule has 2 aromatic rings. The second kappa shape index (κ2) is 3.05. The number of ketones is 1. The minimum Gasteiger partial charge on any atom is -0.460 e. The van der Waals surface area contributed by atoms with Gasteiger partial charge in [0.1, 0.15) is 5.78 Å². The molecule has 0 aliphatic heterocycles. The third-order valence-electron chi connectivity index (χ3n) is 1.98. The Morgan fingerprint density at radius 2 is 2.38 bits per heavy atom. The van der Waals surface area contributed by atoms with Gasteiger partial charge in [0.05, 0.1) is 6.26 Å². The van der Waals surface area contributed by atoms with Crippen LogP contribution in [0.25, 0.3) is 10.8 Å². The molecule has 0 fully saturated rings. The molecular weight excluding hydrogens is 164 g/mol. The Balaban J connectivity index is 2.54. The van der Waals surface area contributed by atoms with Crippen molar-refractivity contribution in [3.63, 3.8) is 0 Å². The molecule has 65 valence electrons. The summed E-state index contributed by atoms with van der Waals surface area (Å²) in [7, 11) is 0. The zero-order valence-corrected chi connectivity index (χ0v) is 7.33. The van der Waals surface area contributed by atoms with E-state index >= 15 is 0 Å². The van der Waals surface area contributed by atoms with Gasteiger partial charge in [0.2, 0.25) is 0 Å². The summed E-state index contributed by atoms with van der Waals surface area (Å²) in [4.78, 5) is 10.9. The number of carbonyl (C=O) groups excluding carboxylic acids is 1. The van der Waals surface area contributed by atoms with E-state index in [9.17, 15) is 4.79 Å². The van der Waals surface area contributed by atoms with Gasteiger partial charge in [-0.25, -0.2) is 0 Å². The first kappa shape index (κ1) is 8.05. The largest absolute Gasteiger partial charge is 0.460 e. The number of hydrogen-bond donors (Lipinski definition) is 0. The van der Waals surface area contributed by atoms with E-state index in [1.54, 1.807) is 13.2 Å². The van der Waals surface area contributed by atoms with Crippen LogP contribution in [0.1, 0.15) is 12.5 Å². The molecule has 1 radical (unpaired) electrons. The van der Waals surface area contributed by atoms with Gasteiger partial charge in [-0.15, -0.1) is 0 Å². The summed E-state index contributed by atoms with van der Waals surface area (Å²) >= 11 is 0. The fourth-order valence-corrected chi connectivity index (χ4v) is 1.42. The molecular formula is C11H9O2. The van der Waals surface area contributed by atoms with E-state index < -0.39 is 0 Å². The van der Waals surface area contributed by atoms with Crippen molar-refractivity contribution in [2.24, 2.45) is 0 Å². The van der Waals surface area contributed by atoms with Crippen molar-refractivity contribution in [2.75, 3.05) is 0 Å². The average molecular weight is 173 g/mol. The van der Waals surface area contributed by atoms with Crippen molar-refractivity contribution in [1.29, 1.82) is 0 Å². The van der Waals surface area contributed by atoms with Crippen molar-refractivity contribution in [2.45, 2.75) is 13.3 Å². The van der Waals surface area contributed by atoms with Gasteiger partial charge in [-0.2, -0.15) is 0 Å². The van der Waals surface area contributed by atoms with E-state index in [4.69, 9.17) is 4.42 Å². The maximum atomic E-state index is 10.9. The van der Waals surface area contributed by atoms with Gasteiger partial charge in [-0.1, -0.05) is 18.2 Å². The van der Waals surface area contributed by atoms with Crippen LogP contribution in [0.2, 0.25) is 0 Å². The Hall–Kier alpha value is -1.57. The van der Waals surface area contributed by atoms with E-state index in [1.807, 2.05) is 18.2 Å². The van der Waals surface area contributed by atoms with Crippen molar-refractivity contribution in [3.8, 4) is 0 Å². The molecule has 0 aliphatic carbocycles. The van der Waals surface area contributed by atoms with Crippen LogP contribution in [0.15, 0.2) is 28.9 Å². The minimum absolute atomic E-state index is 0.161. The summed E-state index contributed by atoms with van der Waals surface area (Å²) in [5.74, 6) is 0.161. The Morgan fingerprint density at radius 1 is 1.54 bits per heavy atom. The maximum absolute atomic E-state index is 10.9. The van der Waals surface area contributed by atoms with Crippen molar-refractivity contribution >= 4 is 16.6 Å². The maximum Gasteiger partial charge on any atom is 0.177 e. The molecule has 2 rings (SSSR count). The van der Waals surface area contributed by atoms with Gasteiger partial charge >= 0.3 is 0 Å². The highest BCUT2D eigenvalue weighted by molar-refractivity contribution is 5.89. The van der Waals surface area contributed by atoms with Crippen LogP contribution in [-0.4, -0.2) is 5.78 Å². The number of benzene rings is 1. The van der Waals surface area contributed by atoms with Crippen LogP contribution >= 0.6 is 0 Å². The van der Waals surface area contributed by atoms with Crippen LogP contribution in [-0.2, 0) is 11.2 Å². The predicted octanol–water partition coefficient (Wildman–Crippen LogP) is 2.36. The molecule has 13 heavy (non-hydrogen) atoms. The van der Waals surface area contributed by atoms with Crippen LogP contribution in [0.4, 0.5) is 0 Å². The lowest BCUT2D eigenvalue weighted by atomic mass is 10.0. The van der Waals surface area contributed by atoms with E-state index in [0.717, 1.165) is 16.3 Å². The van der Waals surface area contributed by atoms with Crippen LogP contribution < -0.4 is 0 Å². The first-order valence-corrected chi connectivity index (χ1v) is 4.13.